The van der Waals surface area contributed by atoms with Gasteiger partial charge in [0.25, 0.3) is 0 Å². The first-order valence-electron chi connectivity index (χ1n) is 18.8. The third-order valence-corrected chi connectivity index (χ3v) is 11.1. The topological polar surface area (TPSA) is 75.0 Å². The van der Waals surface area contributed by atoms with Gasteiger partial charge in [0.1, 0.15) is 0 Å². The molecule has 0 atom stereocenters. The van der Waals surface area contributed by atoms with Crippen molar-refractivity contribution in [2.75, 3.05) is 4.90 Å². The van der Waals surface area contributed by atoms with Crippen molar-refractivity contribution in [1.82, 2.24) is 19.5 Å². The van der Waals surface area contributed by atoms with Crippen LogP contribution in [0.25, 0.3) is 66.5 Å². The Hall–Kier alpha value is -7.87. The standard InChI is InChI=1S/C50H33N7/c1-50(2)39-24-14-16-26-43(39)56(35-21-11-6-12-22-35)45-30-44-38(29-40(45)50)37-23-13-15-25-42(37)57(44)36-27-34(31-51)46(41(28-36)52-3)49-54-47(32-17-7-4-8-18-32)53-48(55-49)33-19-9-5-10-20-33/h4-30H,1-2H3. The molecule has 268 valence electrons. The molecular formula is C50H33N7. The molecule has 3 heterocycles. The maximum Gasteiger partial charge on any atom is 0.201 e. The molecular weight excluding hydrogens is 699 g/mol. The van der Waals surface area contributed by atoms with Gasteiger partial charge in [-0.3, -0.25) is 0 Å². The van der Waals surface area contributed by atoms with E-state index < -0.39 is 0 Å². The van der Waals surface area contributed by atoms with Crippen LogP contribution in [0.5, 0.6) is 0 Å². The molecule has 0 saturated heterocycles. The fraction of sp³-hybridized carbons (Fsp3) is 0.0600. The van der Waals surface area contributed by atoms with Crippen molar-refractivity contribution in [3.8, 4) is 45.9 Å². The highest BCUT2D eigenvalue weighted by Gasteiger charge is 2.37. The van der Waals surface area contributed by atoms with E-state index in [2.05, 4.69) is 113 Å². The van der Waals surface area contributed by atoms with Gasteiger partial charge in [-0.25, -0.2) is 19.8 Å². The Bertz CT molecular complexity index is 3020. The number of rotatable bonds is 5. The summed E-state index contributed by atoms with van der Waals surface area (Å²) >= 11 is 0. The molecule has 7 nitrogen and oxygen atoms in total. The highest BCUT2D eigenvalue weighted by molar-refractivity contribution is 6.11. The number of benzene rings is 7. The lowest BCUT2D eigenvalue weighted by Gasteiger charge is -2.42. The number of hydrogen-bond acceptors (Lipinski definition) is 5. The number of fused-ring (bicyclic) bond motifs is 5. The van der Waals surface area contributed by atoms with Crippen LogP contribution in [0, 0.1) is 17.9 Å². The van der Waals surface area contributed by atoms with Crippen LogP contribution >= 0.6 is 0 Å². The fourth-order valence-corrected chi connectivity index (χ4v) is 8.37. The minimum atomic E-state index is -0.288. The van der Waals surface area contributed by atoms with Crippen molar-refractivity contribution in [1.29, 1.82) is 5.26 Å². The first-order chi connectivity index (χ1) is 27.9. The molecule has 0 unspecified atom stereocenters. The Balaban J connectivity index is 1.23. The lowest BCUT2D eigenvalue weighted by molar-refractivity contribution is 0.633. The fourth-order valence-electron chi connectivity index (χ4n) is 8.37. The van der Waals surface area contributed by atoms with Crippen LogP contribution in [0.3, 0.4) is 0 Å². The molecule has 1 aliphatic heterocycles. The summed E-state index contributed by atoms with van der Waals surface area (Å²) in [5, 5.41) is 13.0. The summed E-state index contributed by atoms with van der Waals surface area (Å²) in [4.78, 5) is 21.0. The first kappa shape index (κ1) is 33.7. The van der Waals surface area contributed by atoms with Gasteiger partial charge in [-0.05, 0) is 59.7 Å². The lowest BCUT2D eigenvalue weighted by Crippen LogP contribution is -2.30. The zero-order chi connectivity index (χ0) is 38.7. The van der Waals surface area contributed by atoms with E-state index in [1.165, 1.54) is 11.1 Å². The maximum atomic E-state index is 10.9. The molecule has 1 aliphatic rings. The van der Waals surface area contributed by atoms with Crippen molar-refractivity contribution in [2.24, 2.45) is 0 Å². The third-order valence-electron chi connectivity index (χ3n) is 11.1. The maximum absolute atomic E-state index is 10.9. The van der Waals surface area contributed by atoms with E-state index in [9.17, 15) is 5.26 Å². The SMILES string of the molecule is [C-]#[N+]c1cc(-n2c3ccccc3c3cc4c(cc32)N(c2ccccc2)c2ccccc2C4(C)C)cc(C#N)c1-c1nc(-c2ccccc2)nc(-c2ccccc2)n1. The van der Waals surface area contributed by atoms with Crippen molar-refractivity contribution < 1.29 is 0 Å². The molecule has 0 bridgehead atoms. The number of anilines is 3. The van der Waals surface area contributed by atoms with E-state index >= 15 is 0 Å². The number of hydrogen-bond donors (Lipinski definition) is 0. The molecule has 7 heteroatoms. The summed E-state index contributed by atoms with van der Waals surface area (Å²) in [6.07, 6.45) is 0. The van der Waals surface area contributed by atoms with Crippen molar-refractivity contribution >= 4 is 44.6 Å². The molecule has 0 fully saturated rings. The molecule has 9 aromatic rings. The van der Waals surface area contributed by atoms with Crippen LogP contribution in [0.1, 0.15) is 30.5 Å². The largest absolute Gasteiger partial charge is 0.310 e. The van der Waals surface area contributed by atoms with Crippen molar-refractivity contribution in [2.45, 2.75) is 19.3 Å². The Labute approximate surface area is 330 Å². The lowest BCUT2D eigenvalue weighted by atomic mass is 9.73. The predicted molar refractivity (Wildman–Crippen MR) is 228 cm³/mol. The second-order valence-corrected chi connectivity index (χ2v) is 14.7. The van der Waals surface area contributed by atoms with Crippen LogP contribution in [-0.4, -0.2) is 19.5 Å². The van der Waals surface area contributed by atoms with Crippen LogP contribution in [0.4, 0.5) is 22.7 Å². The average Bonchev–Trinajstić information content (AvgIpc) is 3.59. The second-order valence-electron chi connectivity index (χ2n) is 14.7. The summed E-state index contributed by atoms with van der Waals surface area (Å²) in [7, 11) is 0. The molecule has 10 rings (SSSR count). The molecule has 7 aromatic carbocycles. The number of aromatic nitrogens is 4. The van der Waals surface area contributed by atoms with Gasteiger partial charge in [-0.1, -0.05) is 129 Å². The number of nitrogens with zero attached hydrogens (tertiary/aromatic N) is 7. The summed E-state index contributed by atoms with van der Waals surface area (Å²) in [5.74, 6) is 1.19. The van der Waals surface area contributed by atoms with E-state index in [1.807, 2.05) is 84.9 Å². The number of nitriles is 1. The van der Waals surface area contributed by atoms with E-state index in [4.69, 9.17) is 21.5 Å². The molecule has 0 aliphatic carbocycles. The molecule has 0 N–H and O–H groups in total. The highest BCUT2D eigenvalue weighted by atomic mass is 15.2. The van der Waals surface area contributed by atoms with Gasteiger partial charge in [0, 0.05) is 44.3 Å². The summed E-state index contributed by atoms with van der Waals surface area (Å²) in [5.41, 5.74) is 10.7. The van der Waals surface area contributed by atoms with Crippen molar-refractivity contribution in [3.63, 3.8) is 0 Å². The number of para-hydroxylation sites is 3. The monoisotopic (exact) mass is 731 g/mol. The minimum absolute atomic E-state index is 0.271. The normalized spacial score (nSPS) is 12.8. The van der Waals surface area contributed by atoms with Gasteiger partial charge in [0.05, 0.1) is 40.6 Å². The van der Waals surface area contributed by atoms with Gasteiger partial charge in [-0.2, -0.15) is 5.26 Å². The minimum Gasteiger partial charge on any atom is -0.310 e. The van der Waals surface area contributed by atoms with E-state index in [-0.39, 0.29) is 16.9 Å². The average molecular weight is 732 g/mol. The molecule has 0 amide bonds. The molecule has 57 heavy (non-hydrogen) atoms. The van der Waals surface area contributed by atoms with Crippen molar-refractivity contribution in [3.05, 3.63) is 192 Å². The smallest absolute Gasteiger partial charge is 0.201 e. The predicted octanol–water partition coefficient (Wildman–Crippen LogP) is 12.5. The zero-order valence-corrected chi connectivity index (χ0v) is 31.2. The van der Waals surface area contributed by atoms with Gasteiger partial charge in [0.2, 0.25) is 5.69 Å². The second kappa shape index (κ2) is 13.2. The molecule has 2 aromatic heterocycles. The highest BCUT2D eigenvalue weighted by Crippen LogP contribution is 2.53. The summed E-state index contributed by atoms with van der Waals surface area (Å²) < 4.78 is 2.18. The summed E-state index contributed by atoms with van der Waals surface area (Å²) in [6, 6.07) is 57.6. The Kier molecular flexibility index (Phi) is 7.78. The van der Waals surface area contributed by atoms with E-state index in [1.54, 1.807) is 0 Å². The van der Waals surface area contributed by atoms with Crippen LogP contribution < -0.4 is 4.90 Å². The third kappa shape index (κ3) is 5.37. The quantitative estimate of drug-likeness (QED) is 0.165. The Morgan fingerprint density at radius 3 is 1.82 bits per heavy atom. The molecule has 0 spiro atoms. The first-order valence-corrected chi connectivity index (χ1v) is 18.8. The van der Waals surface area contributed by atoms with E-state index in [0.29, 0.717) is 28.5 Å². The Morgan fingerprint density at radius 2 is 1.16 bits per heavy atom. The van der Waals surface area contributed by atoms with Gasteiger partial charge >= 0.3 is 0 Å². The molecule has 0 saturated carbocycles. The summed E-state index contributed by atoms with van der Waals surface area (Å²) in [6.45, 7) is 13.1. The van der Waals surface area contributed by atoms with Gasteiger partial charge in [0.15, 0.2) is 17.5 Å². The Morgan fingerprint density at radius 1 is 0.561 bits per heavy atom. The van der Waals surface area contributed by atoms with Crippen LogP contribution in [-0.2, 0) is 5.41 Å². The van der Waals surface area contributed by atoms with E-state index in [0.717, 1.165) is 50.0 Å². The van der Waals surface area contributed by atoms with Crippen LogP contribution in [0.15, 0.2) is 164 Å². The molecule has 0 radical (unpaired) electrons. The zero-order valence-electron chi connectivity index (χ0n) is 31.2. The van der Waals surface area contributed by atoms with Gasteiger partial charge in [-0.15, -0.1) is 0 Å². The van der Waals surface area contributed by atoms with Crippen LogP contribution in [0.2, 0.25) is 0 Å². The van der Waals surface area contributed by atoms with Gasteiger partial charge < -0.3 is 9.47 Å².